The third kappa shape index (κ3) is 3.12. The highest BCUT2D eigenvalue weighted by molar-refractivity contribution is 7.23. The van der Waals surface area contributed by atoms with Crippen molar-refractivity contribution < 1.29 is 0 Å². The fourth-order valence-corrected chi connectivity index (χ4v) is 7.97. The van der Waals surface area contributed by atoms with Gasteiger partial charge in [0.2, 0.25) is 0 Å². The molecular weight excluding hydrogens is 561 g/mol. The van der Waals surface area contributed by atoms with Crippen molar-refractivity contribution in [2.75, 3.05) is 0 Å². The van der Waals surface area contributed by atoms with Gasteiger partial charge in [-0.15, -0.1) is 0 Å². The van der Waals surface area contributed by atoms with Crippen LogP contribution in [-0.4, -0.2) is 18.5 Å². The van der Waals surface area contributed by atoms with Crippen LogP contribution in [0.5, 0.6) is 0 Å². The highest BCUT2D eigenvalue weighted by Crippen LogP contribution is 2.40. The number of aromatic nitrogens is 4. The Hall–Kier alpha value is -5.72. The Balaban J connectivity index is 1.32. The Bertz CT molecular complexity index is 2850. The van der Waals surface area contributed by atoms with E-state index in [1.165, 1.54) is 32.6 Å². The zero-order chi connectivity index (χ0) is 28.9. The van der Waals surface area contributed by atoms with Crippen LogP contribution in [-0.2, 0) is 0 Å². The predicted octanol–water partition coefficient (Wildman–Crippen LogP) is 9.26. The smallest absolute Gasteiger partial charge is 0.266 e. The van der Waals surface area contributed by atoms with Gasteiger partial charge in [0.25, 0.3) is 5.56 Å². The van der Waals surface area contributed by atoms with E-state index >= 15 is 0 Å². The van der Waals surface area contributed by atoms with E-state index in [9.17, 15) is 4.79 Å². The maximum atomic E-state index is 14.0. The fourth-order valence-electron chi connectivity index (χ4n) is 6.96. The van der Waals surface area contributed by atoms with Crippen LogP contribution in [0.3, 0.4) is 0 Å². The standard InChI is InChI=1S/C38H22N4OS/c43-37-29-20-24(18-19-36(29)44-38-39-30-14-6-9-17-33(30)42(37)38)41-32-16-8-5-13-26(32)28-21-34-27(22-35(28)41)25-12-4-7-15-31(25)40(34)23-10-2-1-3-11-23/h1-22H. The number of rotatable bonds is 2. The number of para-hydroxylation sites is 5. The van der Waals surface area contributed by atoms with Gasteiger partial charge in [-0.25, -0.2) is 9.38 Å². The lowest BCUT2D eigenvalue weighted by Gasteiger charge is -2.10. The van der Waals surface area contributed by atoms with Gasteiger partial charge in [0.15, 0.2) is 4.96 Å². The Morgan fingerprint density at radius 1 is 0.477 bits per heavy atom. The van der Waals surface area contributed by atoms with Gasteiger partial charge in [0.05, 0.1) is 38.5 Å². The van der Waals surface area contributed by atoms with Gasteiger partial charge in [0, 0.05) is 37.6 Å². The van der Waals surface area contributed by atoms with Crippen LogP contribution in [0.25, 0.3) is 81.1 Å². The zero-order valence-corrected chi connectivity index (χ0v) is 24.1. The molecule has 44 heavy (non-hydrogen) atoms. The number of fused-ring (bicyclic) bond motifs is 10. The summed E-state index contributed by atoms with van der Waals surface area (Å²) >= 11 is 1.55. The summed E-state index contributed by atoms with van der Waals surface area (Å²) in [5.41, 5.74) is 8.29. The van der Waals surface area contributed by atoms with Crippen molar-refractivity contribution in [1.29, 1.82) is 0 Å². The maximum absolute atomic E-state index is 14.0. The third-order valence-electron chi connectivity index (χ3n) is 8.87. The van der Waals surface area contributed by atoms with E-state index in [1.807, 2.05) is 30.3 Å². The van der Waals surface area contributed by atoms with E-state index < -0.39 is 0 Å². The quantitative estimate of drug-likeness (QED) is 0.204. The molecule has 5 nitrogen and oxygen atoms in total. The lowest BCUT2D eigenvalue weighted by Crippen LogP contribution is -2.12. The van der Waals surface area contributed by atoms with Gasteiger partial charge >= 0.3 is 0 Å². The molecule has 0 saturated heterocycles. The Kier molecular flexibility index (Phi) is 4.68. The molecule has 0 bridgehead atoms. The molecule has 10 rings (SSSR count). The average molecular weight is 583 g/mol. The van der Waals surface area contributed by atoms with Crippen molar-refractivity contribution in [3.8, 4) is 11.4 Å². The first kappa shape index (κ1) is 23.8. The summed E-state index contributed by atoms with van der Waals surface area (Å²) in [7, 11) is 0. The second kappa shape index (κ2) is 8.66. The number of nitrogens with zero attached hydrogens (tertiary/aromatic N) is 4. The molecule has 0 aliphatic heterocycles. The summed E-state index contributed by atoms with van der Waals surface area (Å²) in [5, 5.41) is 5.45. The SMILES string of the molecule is O=c1c2cc(-n3c4ccccc4c4cc5c(cc43)c3ccccc3n5-c3ccccc3)ccc2sc2nc3ccccc3n12. The highest BCUT2D eigenvalue weighted by Gasteiger charge is 2.19. The van der Waals surface area contributed by atoms with E-state index in [0.717, 1.165) is 38.1 Å². The van der Waals surface area contributed by atoms with Crippen molar-refractivity contribution in [2.45, 2.75) is 0 Å². The maximum Gasteiger partial charge on any atom is 0.266 e. The molecule has 6 aromatic carbocycles. The van der Waals surface area contributed by atoms with Crippen LogP contribution in [0.1, 0.15) is 0 Å². The van der Waals surface area contributed by atoms with Crippen molar-refractivity contribution in [3.05, 3.63) is 144 Å². The largest absolute Gasteiger partial charge is 0.309 e. The number of hydrogen-bond donors (Lipinski definition) is 0. The number of imidazole rings is 1. The first-order chi connectivity index (χ1) is 21.7. The minimum atomic E-state index is -0.0432. The molecule has 0 atom stereocenters. The average Bonchev–Trinajstić information content (AvgIpc) is 3.71. The molecule has 0 saturated carbocycles. The highest BCUT2D eigenvalue weighted by atomic mass is 32.1. The molecule has 0 radical (unpaired) electrons. The van der Waals surface area contributed by atoms with Gasteiger partial charge in [-0.05, 0) is 66.7 Å². The molecule has 4 heterocycles. The summed E-state index contributed by atoms with van der Waals surface area (Å²) in [6, 6.07) is 46.4. The minimum absolute atomic E-state index is 0.0432. The Morgan fingerprint density at radius 2 is 1.07 bits per heavy atom. The van der Waals surface area contributed by atoms with Crippen LogP contribution >= 0.6 is 11.3 Å². The van der Waals surface area contributed by atoms with E-state index in [0.29, 0.717) is 10.3 Å². The van der Waals surface area contributed by atoms with Crippen LogP contribution in [0.15, 0.2) is 138 Å². The van der Waals surface area contributed by atoms with Gasteiger partial charge < -0.3 is 9.13 Å². The number of benzene rings is 6. The normalized spacial score (nSPS) is 12.2. The third-order valence-corrected chi connectivity index (χ3v) is 9.90. The second-order valence-corrected chi connectivity index (χ2v) is 12.2. The molecule has 0 unspecified atom stereocenters. The van der Waals surface area contributed by atoms with Gasteiger partial charge in [-0.2, -0.15) is 0 Å². The first-order valence-electron chi connectivity index (χ1n) is 14.6. The summed E-state index contributed by atoms with van der Waals surface area (Å²) in [4.78, 5) is 19.4. The molecule has 10 aromatic rings. The van der Waals surface area contributed by atoms with Crippen molar-refractivity contribution in [2.24, 2.45) is 0 Å². The summed E-state index contributed by atoms with van der Waals surface area (Å²) in [6.07, 6.45) is 0. The predicted molar refractivity (Wildman–Crippen MR) is 183 cm³/mol. The van der Waals surface area contributed by atoms with E-state index in [4.69, 9.17) is 4.98 Å². The molecule has 0 N–H and O–H groups in total. The number of hydrogen-bond acceptors (Lipinski definition) is 3. The summed E-state index contributed by atoms with van der Waals surface area (Å²) in [6.45, 7) is 0. The van der Waals surface area contributed by atoms with E-state index in [2.05, 4.69) is 112 Å². The molecular formula is C38H22N4OS. The van der Waals surface area contributed by atoms with E-state index in [-0.39, 0.29) is 5.56 Å². The molecule has 4 aromatic heterocycles. The summed E-state index contributed by atoms with van der Waals surface area (Å²) in [5.74, 6) is 0. The molecule has 0 aliphatic carbocycles. The monoisotopic (exact) mass is 582 g/mol. The molecule has 0 fully saturated rings. The van der Waals surface area contributed by atoms with Crippen molar-refractivity contribution in [1.82, 2.24) is 18.5 Å². The van der Waals surface area contributed by atoms with Gasteiger partial charge in [0.1, 0.15) is 0 Å². The molecule has 6 heteroatoms. The summed E-state index contributed by atoms with van der Waals surface area (Å²) < 4.78 is 7.34. The Labute approximate surface area is 254 Å². The first-order valence-corrected chi connectivity index (χ1v) is 15.4. The van der Waals surface area contributed by atoms with Gasteiger partial charge in [-0.3, -0.25) is 4.79 Å². The van der Waals surface area contributed by atoms with Gasteiger partial charge in [-0.1, -0.05) is 78.1 Å². The molecule has 0 amide bonds. The fraction of sp³-hybridized carbons (Fsp3) is 0. The molecule has 0 aliphatic rings. The minimum Gasteiger partial charge on any atom is -0.309 e. The van der Waals surface area contributed by atoms with Crippen molar-refractivity contribution >= 4 is 81.0 Å². The van der Waals surface area contributed by atoms with E-state index in [1.54, 1.807) is 15.7 Å². The van der Waals surface area contributed by atoms with Crippen molar-refractivity contribution in [3.63, 3.8) is 0 Å². The molecule has 206 valence electrons. The second-order valence-electron chi connectivity index (χ2n) is 11.2. The lowest BCUT2D eigenvalue weighted by molar-refractivity contribution is 1.17. The lowest BCUT2D eigenvalue weighted by atomic mass is 10.1. The van der Waals surface area contributed by atoms with Crippen LogP contribution in [0, 0.1) is 0 Å². The van der Waals surface area contributed by atoms with Crippen LogP contribution in [0.4, 0.5) is 0 Å². The Morgan fingerprint density at radius 3 is 1.77 bits per heavy atom. The molecule has 0 spiro atoms. The zero-order valence-electron chi connectivity index (χ0n) is 23.3. The van der Waals surface area contributed by atoms with Crippen LogP contribution < -0.4 is 5.56 Å². The van der Waals surface area contributed by atoms with Crippen LogP contribution in [0.2, 0.25) is 0 Å². The topological polar surface area (TPSA) is 44.2 Å².